The standard InChI is InChI=1S/C15H15F2N3O/c1-20(2)11-5-3-4-10(8-11)19-15(21)9-6-12(16)14(18)13(17)7-9/h3-8H,18H2,1-2H3,(H,19,21). The van der Waals surface area contributed by atoms with Crippen LogP contribution in [0.15, 0.2) is 36.4 Å². The minimum absolute atomic E-state index is 0.130. The van der Waals surface area contributed by atoms with Crippen molar-refractivity contribution in [2.45, 2.75) is 0 Å². The molecule has 4 nitrogen and oxygen atoms in total. The minimum Gasteiger partial charge on any atom is -0.394 e. The van der Waals surface area contributed by atoms with Crippen molar-refractivity contribution in [3.63, 3.8) is 0 Å². The van der Waals surface area contributed by atoms with Gasteiger partial charge in [-0.3, -0.25) is 4.79 Å². The molecule has 0 radical (unpaired) electrons. The van der Waals surface area contributed by atoms with Crippen LogP contribution in [0.4, 0.5) is 25.8 Å². The van der Waals surface area contributed by atoms with E-state index in [0.717, 1.165) is 17.8 Å². The van der Waals surface area contributed by atoms with Gasteiger partial charge in [0.25, 0.3) is 5.91 Å². The third-order valence-electron chi connectivity index (χ3n) is 2.96. The normalized spacial score (nSPS) is 10.3. The topological polar surface area (TPSA) is 58.4 Å². The van der Waals surface area contributed by atoms with Crippen LogP contribution in [-0.4, -0.2) is 20.0 Å². The van der Waals surface area contributed by atoms with Gasteiger partial charge in [0.1, 0.15) is 17.3 Å². The fraction of sp³-hybridized carbons (Fsp3) is 0.133. The Morgan fingerprint density at radius 3 is 2.33 bits per heavy atom. The fourth-order valence-electron chi connectivity index (χ4n) is 1.78. The fourth-order valence-corrected chi connectivity index (χ4v) is 1.78. The van der Waals surface area contributed by atoms with Gasteiger partial charge in [-0.2, -0.15) is 0 Å². The second kappa shape index (κ2) is 5.78. The van der Waals surface area contributed by atoms with Crippen LogP contribution in [0.2, 0.25) is 0 Å². The van der Waals surface area contributed by atoms with Gasteiger partial charge in [-0.25, -0.2) is 8.78 Å². The molecule has 0 aromatic heterocycles. The molecular formula is C15H15F2N3O. The van der Waals surface area contributed by atoms with Gasteiger partial charge in [-0.1, -0.05) is 6.07 Å². The lowest BCUT2D eigenvalue weighted by Crippen LogP contribution is -2.14. The Hall–Kier alpha value is -2.63. The van der Waals surface area contributed by atoms with E-state index in [2.05, 4.69) is 5.32 Å². The number of carbonyl (C=O) groups excluding carboxylic acids is 1. The molecular weight excluding hydrogens is 276 g/mol. The number of nitrogens with zero attached hydrogens (tertiary/aromatic N) is 1. The molecule has 6 heteroatoms. The lowest BCUT2D eigenvalue weighted by molar-refractivity contribution is 0.102. The molecule has 0 unspecified atom stereocenters. The number of anilines is 3. The molecule has 21 heavy (non-hydrogen) atoms. The highest BCUT2D eigenvalue weighted by Crippen LogP contribution is 2.20. The molecule has 0 spiro atoms. The van der Waals surface area contributed by atoms with Gasteiger partial charge in [-0.05, 0) is 30.3 Å². The maximum atomic E-state index is 13.4. The molecule has 0 aliphatic heterocycles. The SMILES string of the molecule is CN(C)c1cccc(NC(=O)c2cc(F)c(N)c(F)c2)c1. The summed E-state index contributed by atoms with van der Waals surface area (Å²) in [5.41, 5.74) is 5.87. The molecule has 3 N–H and O–H groups in total. The summed E-state index contributed by atoms with van der Waals surface area (Å²) in [6.45, 7) is 0. The van der Waals surface area contributed by atoms with E-state index >= 15 is 0 Å². The van der Waals surface area contributed by atoms with E-state index < -0.39 is 23.2 Å². The molecule has 0 atom stereocenters. The molecule has 0 saturated carbocycles. The number of amides is 1. The number of hydrogen-bond acceptors (Lipinski definition) is 3. The zero-order valence-electron chi connectivity index (χ0n) is 11.7. The van der Waals surface area contributed by atoms with Crippen LogP contribution < -0.4 is 16.0 Å². The van der Waals surface area contributed by atoms with Crippen LogP contribution in [0.5, 0.6) is 0 Å². The summed E-state index contributed by atoms with van der Waals surface area (Å²) in [6, 6.07) is 8.90. The molecule has 0 aliphatic carbocycles. The lowest BCUT2D eigenvalue weighted by atomic mass is 10.1. The summed E-state index contributed by atoms with van der Waals surface area (Å²) in [7, 11) is 3.73. The van der Waals surface area contributed by atoms with Gasteiger partial charge in [0, 0.05) is 31.0 Å². The molecule has 0 heterocycles. The molecule has 2 aromatic carbocycles. The zero-order chi connectivity index (χ0) is 15.6. The summed E-state index contributed by atoms with van der Waals surface area (Å²) in [5.74, 6) is -2.52. The maximum Gasteiger partial charge on any atom is 0.255 e. The number of hydrogen-bond donors (Lipinski definition) is 2. The van der Waals surface area contributed by atoms with Crippen molar-refractivity contribution in [1.29, 1.82) is 0 Å². The highest BCUT2D eigenvalue weighted by Gasteiger charge is 2.13. The van der Waals surface area contributed by atoms with Crippen LogP contribution >= 0.6 is 0 Å². The van der Waals surface area contributed by atoms with Gasteiger partial charge >= 0.3 is 0 Å². The third kappa shape index (κ3) is 3.28. The molecule has 0 bridgehead atoms. The Balaban J connectivity index is 2.24. The molecule has 0 fully saturated rings. The van der Waals surface area contributed by atoms with Crippen LogP contribution in [0.3, 0.4) is 0 Å². The molecule has 0 saturated heterocycles. The maximum absolute atomic E-state index is 13.4. The summed E-state index contributed by atoms with van der Waals surface area (Å²) in [6.07, 6.45) is 0. The number of nitrogen functional groups attached to an aromatic ring is 1. The van der Waals surface area contributed by atoms with E-state index in [1.807, 2.05) is 25.1 Å². The first kappa shape index (κ1) is 14.8. The van der Waals surface area contributed by atoms with Crippen molar-refractivity contribution < 1.29 is 13.6 Å². The predicted molar refractivity (Wildman–Crippen MR) is 79.5 cm³/mol. The van der Waals surface area contributed by atoms with Gasteiger partial charge in [0.05, 0.1) is 0 Å². The van der Waals surface area contributed by atoms with Crippen molar-refractivity contribution in [2.75, 3.05) is 30.0 Å². The highest BCUT2D eigenvalue weighted by molar-refractivity contribution is 6.04. The number of halogens is 2. The van der Waals surface area contributed by atoms with Crippen LogP contribution in [-0.2, 0) is 0 Å². The number of rotatable bonds is 3. The number of benzene rings is 2. The van der Waals surface area contributed by atoms with Crippen LogP contribution in [0.25, 0.3) is 0 Å². The predicted octanol–water partition coefficient (Wildman–Crippen LogP) is 2.87. The van der Waals surface area contributed by atoms with Crippen molar-refractivity contribution in [2.24, 2.45) is 0 Å². The van der Waals surface area contributed by atoms with E-state index in [1.54, 1.807) is 18.2 Å². The molecule has 0 aliphatic rings. The Kier molecular flexibility index (Phi) is 4.07. The third-order valence-corrected chi connectivity index (χ3v) is 2.96. The van der Waals surface area contributed by atoms with Crippen LogP contribution in [0, 0.1) is 11.6 Å². The van der Waals surface area contributed by atoms with Gasteiger partial charge in [0.2, 0.25) is 0 Å². The smallest absolute Gasteiger partial charge is 0.255 e. The van der Waals surface area contributed by atoms with E-state index in [-0.39, 0.29) is 5.56 Å². The Morgan fingerprint density at radius 2 is 1.76 bits per heavy atom. The lowest BCUT2D eigenvalue weighted by Gasteiger charge is -2.14. The largest absolute Gasteiger partial charge is 0.394 e. The monoisotopic (exact) mass is 291 g/mol. The second-order valence-corrected chi connectivity index (χ2v) is 4.75. The molecule has 2 rings (SSSR count). The molecule has 110 valence electrons. The Bertz CT molecular complexity index is 663. The second-order valence-electron chi connectivity index (χ2n) is 4.75. The first-order chi connectivity index (χ1) is 9.88. The minimum atomic E-state index is -0.956. The Morgan fingerprint density at radius 1 is 1.14 bits per heavy atom. The van der Waals surface area contributed by atoms with E-state index in [0.29, 0.717) is 5.69 Å². The molecule has 1 amide bonds. The summed E-state index contributed by atoms with van der Waals surface area (Å²) in [4.78, 5) is 13.9. The zero-order valence-corrected chi connectivity index (χ0v) is 11.7. The number of nitrogens with two attached hydrogens (primary N) is 1. The van der Waals surface area contributed by atoms with Crippen molar-refractivity contribution in [1.82, 2.24) is 0 Å². The first-order valence-electron chi connectivity index (χ1n) is 6.21. The summed E-state index contributed by atoms with van der Waals surface area (Å²) < 4.78 is 26.7. The van der Waals surface area contributed by atoms with E-state index in [4.69, 9.17) is 5.73 Å². The van der Waals surface area contributed by atoms with Gasteiger partial charge < -0.3 is 16.0 Å². The van der Waals surface area contributed by atoms with Crippen molar-refractivity contribution in [3.8, 4) is 0 Å². The first-order valence-corrected chi connectivity index (χ1v) is 6.21. The van der Waals surface area contributed by atoms with Crippen molar-refractivity contribution in [3.05, 3.63) is 53.6 Å². The van der Waals surface area contributed by atoms with Gasteiger partial charge in [0.15, 0.2) is 0 Å². The molecule has 2 aromatic rings. The van der Waals surface area contributed by atoms with Gasteiger partial charge in [-0.15, -0.1) is 0 Å². The average Bonchev–Trinajstić information content (AvgIpc) is 2.44. The number of nitrogens with one attached hydrogen (secondary N) is 1. The quantitative estimate of drug-likeness (QED) is 0.855. The van der Waals surface area contributed by atoms with E-state index in [9.17, 15) is 13.6 Å². The highest BCUT2D eigenvalue weighted by atomic mass is 19.1. The summed E-state index contributed by atoms with van der Waals surface area (Å²) in [5, 5.41) is 2.59. The van der Waals surface area contributed by atoms with Crippen LogP contribution in [0.1, 0.15) is 10.4 Å². The Labute approximate surface area is 121 Å². The van der Waals surface area contributed by atoms with E-state index in [1.165, 1.54) is 0 Å². The van der Waals surface area contributed by atoms with Crippen molar-refractivity contribution >= 4 is 23.0 Å². The summed E-state index contributed by atoms with van der Waals surface area (Å²) >= 11 is 0. The average molecular weight is 291 g/mol. The number of carbonyl (C=O) groups is 1.